The van der Waals surface area contributed by atoms with Crippen molar-refractivity contribution in [2.45, 2.75) is 217 Å². The molecule has 3 aliphatic heterocycles. The Bertz CT molecular complexity index is 820. The van der Waals surface area contributed by atoms with Gasteiger partial charge in [0.05, 0.1) is 48.6 Å². The molecule has 3 N–H and O–H groups in total. The first kappa shape index (κ1) is 38.4. The maximum absolute atomic E-state index is 11.9. The predicted molar refractivity (Wildman–Crippen MR) is 176 cm³/mol. The molecule has 0 aromatic rings. The number of rotatable bonds is 25. The molecule has 3 heterocycles. The maximum atomic E-state index is 11.9. The molecule has 0 spiro atoms. The van der Waals surface area contributed by atoms with Gasteiger partial charge in [0.2, 0.25) is 0 Å². The summed E-state index contributed by atoms with van der Waals surface area (Å²) in [5.41, 5.74) is 0. The van der Waals surface area contributed by atoms with Crippen molar-refractivity contribution in [3.8, 4) is 0 Å². The lowest BCUT2D eigenvalue weighted by Gasteiger charge is -2.24. The Morgan fingerprint density at radius 2 is 1.16 bits per heavy atom. The first-order valence-corrected chi connectivity index (χ1v) is 18.8. The van der Waals surface area contributed by atoms with E-state index in [-0.39, 0.29) is 48.2 Å². The maximum Gasteiger partial charge on any atom is 0.309 e. The molecular formula is C37H66O8. The fraction of sp³-hybridized carbons (Fsp3) is 0.946. The number of aliphatic hydroxyl groups is 3. The summed E-state index contributed by atoms with van der Waals surface area (Å²) in [7, 11) is 0. The Balaban J connectivity index is 1.18. The average Bonchev–Trinajstić information content (AvgIpc) is 3.77. The molecule has 3 fully saturated rings. The molecule has 262 valence electrons. The third-order valence-electron chi connectivity index (χ3n) is 10.4. The van der Waals surface area contributed by atoms with Gasteiger partial charge >= 0.3 is 5.97 Å². The van der Waals surface area contributed by atoms with E-state index in [1.807, 2.05) is 0 Å². The number of cyclic esters (lactones) is 1. The lowest BCUT2D eigenvalue weighted by Crippen LogP contribution is -2.33. The van der Waals surface area contributed by atoms with Gasteiger partial charge in [0.15, 0.2) is 0 Å². The van der Waals surface area contributed by atoms with Gasteiger partial charge in [0.25, 0.3) is 0 Å². The van der Waals surface area contributed by atoms with E-state index in [1.54, 1.807) is 0 Å². The van der Waals surface area contributed by atoms with Crippen LogP contribution in [0.5, 0.6) is 0 Å². The van der Waals surface area contributed by atoms with Crippen LogP contribution >= 0.6 is 0 Å². The average molecular weight is 639 g/mol. The van der Waals surface area contributed by atoms with Crippen LogP contribution in [-0.2, 0) is 23.8 Å². The summed E-state index contributed by atoms with van der Waals surface area (Å²) in [5, 5.41) is 32.2. The summed E-state index contributed by atoms with van der Waals surface area (Å²) in [4.78, 5) is 23.2. The molecule has 9 atom stereocenters. The molecule has 0 radical (unpaired) electrons. The molecule has 0 aliphatic carbocycles. The number of hydrogen-bond donors (Lipinski definition) is 3. The van der Waals surface area contributed by atoms with Crippen LogP contribution in [0.1, 0.15) is 168 Å². The van der Waals surface area contributed by atoms with E-state index >= 15 is 0 Å². The van der Waals surface area contributed by atoms with E-state index in [0.717, 1.165) is 77.0 Å². The molecule has 0 saturated carbocycles. The van der Waals surface area contributed by atoms with Crippen LogP contribution in [-0.4, -0.2) is 75.9 Å². The molecular weight excluding hydrogens is 572 g/mol. The number of ether oxygens (including phenoxy) is 3. The molecule has 3 aliphatic rings. The van der Waals surface area contributed by atoms with Gasteiger partial charge in [0.1, 0.15) is 11.9 Å². The fourth-order valence-electron chi connectivity index (χ4n) is 7.56. The van der Waals surface area contributed by atoms with Gasteiger partial charge in [-0.2, -0.15) is 0 Å². The first-order valence-electron chi connectivity index (χ1n) is 18.8. The number of unbranched alkanes of at least 4 members (excludes halogenated alkanes) is 11. The number of carbonyl (C=O) groups is 2. The van der Waals surface area contributed by atoms with Crippen molar-refractivity contribution in [2.24, 2.45) is 5.92 Å². The second kappa shape index (κ2) is 21.7. The van der Waals surface area contributed by atoms with Gasteiger partial charge in [-0.3, -0.25) is 4.79 Å². The number of carbonyl (C=O) groups excluding carboxylic acids is 2. The molecule has 0 amide bonds. The molecule has 0 aromatic carbocycles. The number of hydrogen-bond acceptors (Lipinski definition) is 8. The Morgan fingerprint density at radius 1 is 0.667 bits per heavy atom. The highest BCUT2D eigenvalue weighted by atomic mass is 16.6. The van der Waals surface area contributed by atoms with Crippen molar-refractivity contribution >= 4 is 11.8 Å². The predicted octanol–water partition coefficient (Wildman–Crippen LogP) is 7.12. The van der Waals surface area contributed by atoms with Gasteiger partial charge in [-0.1, -0.05) is 84.0 Å². The van der Waals surface area contributed by atoms with Crippen molar-refractivity contribution in [1.82, 2.24) is 0 Å². The summed E-state index contributed by atoms with van der Waals surface area (Å²) in [6, 6.07) is 0. The Hall–Kier alpha value is -1.06. The molecule has 3 rings (SSSR count). The highest BCUT2D eigenvalue weighted by molar-refractivity contribution is 5.83. The topological polar surface area (TPSA) is 123 Å². The summed E-state index contributed by atoms with van der Waals surface area (Å²) >= 11 is 0. The molecule has 0 aromatic heterocycles. The smallest absolute Gasteiger partial charge is 0.309 e. The van der Waals surface area contributed by atoms with E-state index in [1.165, 1.54) is 58.3 Å². The lowest BCUT2D eigenvalue weighted by atomic mass is 9.96. The fourth-order valence-corrected chi connectivity index (χ4v) is 7.56. The van der Waals surface area contributed by atoms with Crippen LogP contribution in [0, 0.1) is 5.92 Å². The van der Waals surface area contributed by atoms with Crippen LogP contribution < -0.4 is 0 Å². The van der Waals surface area contributed by atoms with Crippen LogP contribution in [0.3, 0.4) is 0 Å². The molecule has 3 saturated heterocycles. The second-order valence-corrected chi connectivity index (χ2v) is 14.4. The number of ketones is 1. The van der Waals surface area contributed by atoms with Gasteiger partial charge in [-0.25, -0.2) is 0 Å². The normalized spacial score (nSPS) is 28.8. The molecule has 1 unspecified atom stereocenters. The van der Waals surface area contributed by atoms with Crippen molar-refractivity contribution in [1.29, 1.82) is 0 Å². The lowest BCUT2D eigenvalue weighted by molar-refractivity contribution is -0.145. The van der Waals surface area contributed by atoms with Gasteiger partial charge in [-0.15, -0.1) is 0 Å². The summed E-state index contributed by atoms with van der Waals surface area (Å²) in [6.45, 7) is 3.77. The largest absolute Gasteiger partial charge is 0.462 e. The van der Waals surface area contributed by atoms with E-state index in [4.69, 9.17) is 14.2 Å². The zero-order valence-electron chi connectivity index (χ0n) is 28.5. The van der Waals surface area contributed by atoms with Gasteiger partial charge in [0, 0.05) is 6.42 Å². The van der Waals surface area contributed by atoms with E-state index < -0.39 is 18.3 Å². The highest BCUT2D eigenvalue weighted by Crippen LogP contribution is 2.32. The van der Waals surface area contributed by atoms with Crippen LogP contribution in [0.15, 0.2) is 0 Å². The minimum absolute atomic E-state index is 0.0377. The number of aliphatic hydroxyl groups excluding tert-OH is 3. The summed E-state index contributed by atoms with van der Waals surface area (Å²) in [6.07, 6.45) is 21.4. The minimum Gasteiger partial charge on any atom is -0.462 e. The molecule has 8 nitrogen and oxygen atoms in total. The van der Waals surface area contributed by atoms with E-state index in [2.05, 4.69) is 6.92 Å². The second-order valence-electron chi connectivity index (χ2n) is 14.4. The Morgan fingerprint density at radius 3 is 1.76 bits per heavy atom. The van der Waals surface area contributed by atoms with Crippen molar-refractivity contribution in [2.75, 3.05) is 0 Å². The molecule has 45 heavy (non-hydrogen) atoms. The molecule has 0 bridgehead atoms. The Kier molecular flexibility index (Phi) is 18.5. The zero-order chi connectivity index (χ0) is 32.4. The van der Waals surface area contributed by atoms with Crippen LogP contribution in [0.25, 0.3) is 0 Å². The monoisotopic (exact) mass is 638 g/mol. The van der Waals surface area contributed by atoms with Crippen molar-refractivity contribution in [3.63, 3.8) is 0 Å². The van der Waals surface area contributed by atoms with Crippen LogP contribution in [0.2, 0.25) is 0 Å². The minimum atomic E-state index is -0.636. The SMILES string of the molecule is CCCCCCCCCCCC[C@@H](O)[C@H]1CC[C@H]([C@H](O)CC[C@H](O)[C@@H]2CC[C@@H](CCCCC[C@@H]3CC(CC(C)=O)C(=O)O3)O2)O1. The van der Waals surface area contributed by atoms with E-state index in [0.29, 0.717) is 25.7 Å². The van der Waals surface area contributed by atoms with Crippen LogP contribution in [0.4, 0.5) is 0 Å². The van der Waals surface area contributed by atoms with Gasteiger partial charge < -0.3 is 34.3 Å². The third-order valence-corrected chi connectivity index (χ3v) is 10.4. The quantitative estimate of drug-likeness (QED) is 0.0714. The summed E-state index contributed by atoms with van der Waals surface area (Å²) < 4.78 is 17.7. The van der Waals surface area contributed by atoms with Crippen molar-refractivity contribution < 1.29 is 39.1 Å². The highest BCUT2D eigenvalue weighted by Gasteiger charge is 2.36. The standard InChI is InChI=1S/C37H66O8/c1-3-4-5-6-7-8-9-10-11-15-18-31(39)35-23-24-36(45-35)33(41)21-20-32(40)34-22-19-29(43-34)16-13-12-14-17-30-26-28(25-27(2)38)37(42)44-30/h28-36,39-41H,3-26H2,1-2H3/t28?,29-,30-,31-,32+,33-,34+,35-,36-/m1/s1. The van der Waals surface area contributed by atoms with Crippen molar-refractivity contribution in [3.05, 3.63) is 0 Å². The Labute approximate surface area is 273 Å². The zero-order valence-corrected chi connectivity index (χ0v) is 28.5. The van der Waals surface area contributed by atoms with E-state index in [9.17, 15) is 24.9 Å². The third kappa shape index (κ3) is 14.7. The number of Topliss-reactive ketones (excluding diaryl/α,β-unsaturated/α-hetero) is 1. The number of esters is 1. The molecule has 8 heteroatoms. The summed E-state index contributed by atoms with van der Waals surface area (Å²) in [5.74, 6) is -0.445. The first-order chi connectivity index (χ1) is 21.8. The van der Waals surface area contributed by atoms with Gasteiger partial charge in [-0.05, 0) is 77.6 Å².